The molecule has 0 bridgehead atoms. The zero-order chi connectivity index (χ0) is 14.5. The Morgan fingerprint density at radius 2 is 2.10 bits per heavy atom. The molecule has 2 rings (SSSR count). The van der Waals surface area contributed by atoms with Gasteiger partial charge < -0.3 is 10.1 Å². The lowest BCUT2D eigenvalue weighted by atomic mass is 10.3. The highest BCUT2D eigenvalue weighted by atomic mass is 79.9. The lowest BCUT2D eigenvalue weighted by Crippen LogP contribution is -2.13. The van der Waals surface area contributed by atoms with Gasteiger partial charge in [-0.2, -0.15) is 0 Å². The molecule has 0 unspecified atom stereocenters. The standard InChI is InChI=1S/C13H16Br2N4O/c1-3-4-16-7-9-8-19(18-17-9)12-6-13(20-2)11(15)5-10(12)14/h5-6,8,16H,3-4,7H2,1-2H3. The third kappa shape index (κ3) is 3.59. The normalized spacial score (nSPS) is 10.8. The van der Waals surface area contributed by atoms with E-state index in [0.29, 0.717) is 0 Å². The highest BCUT2D eigenvalue weighted by Gasteiger charge is 2.11. The molecule has 0 fully saturated rings. The Morgan fingerprint density at radius 1 is 1.30 bits per heavy atom. The van der Waals surface area contributed by atoms with Gasteiger partial charge in [0.2, 0.25) is 0 Å². The quantitative estimate of drug-likeness (QED) is 0.751. The molecule has 0 amide bonds. The summed E-state index contributed by atoms with van der Waals surface area (Å²) in [6.45, 7) is 3.83. The van der Waals surface area contributed by atoms with Crippen molar-refractivity contribution in [1.82, 2.24) is 20.3 Å². The van der Waals surface area contributed by atoms with Crippen LogP contribution in [-0.2, 0) is 6.54 Å². The van der Waals surface area contributed by atoms with Crippen molar-refractivity contribution in [3.8, 4) is 11.4 Å². The average Bonchev–Trinajstić information content (AvgIpc) is 2.88. The van der Waals surface area contributed by atoms with Gasteiger partial charge in [-0.25, -0.2) is 4.68 Å². The molecule has 0 saturated heterocycles. The Bertz CT molecular complexity index is 586. The molecule has 0 atom stereocenters. The maximum Gasteiger partial charge on any atom is 0.135 e. The number of benzene rings is 1. The smallest absolute Gasteiger partial charge is 0.135 e. The van der Waals surface area contributed by atoms with Crippen LogP contribution in [0.2, 0.25) is 0 Å². The molecule has 0 radical (unpaired) electrons. The maximum absolute atomic E-state index is 5.31. The van der Waals surface area contributed by atoms with Crippen LogP contribution < -0.4 is 10.1 Å². The van der Waals surface area contributed by atoms with Crippen LogP contribution in [0.25, 0.3) is 5.69 Å². The van der Waals surface area contributed by atoms with Gasteiger partial charge in [-0.1, -0.05) is 12.1 Å². The molecule has 1 N–H and O–H groups in total. The summed E-state index contributed by atoms with van der Waals surface area (Å²) in [5.41, 5.74) is 1.80. The van der Waals surface area contributed by atoms with Crippen LogP contribution in [0.15, 0.2) is 27.3 Å². The summed E-state index contributed by atoms with van der Waals surface area (Å²) >= 11 is 6.98. The second-order valence-corrected chi connectivity index (χ2v) is 5.98. The van der Waals surface area contributed by atoms with E-state index in [0.717, 1.165) is 45.6 Å². The molecule has 108 valence electrons. The number of ether oxygens (including phenoxy) is 1. The van der Waals surface area contributed by atoms with Crippen LogP contribution in [0.3, 0.4) is 0 Å². The lowest BCUT2D eigenvalue weighted by molar-refractivity contribution is 0.411. The van der Waals surface area contributed by atoms with E-state index in [1.54, 1.807) is 11.8 Å². The molecule has 5 nitrogen and oxygen atoms in total. The first kappa shape index (κ1) is 15.5. The number of methoxy groups -OCH3 is 1. The zero-order valence-electron chi connectivity index (χ0n) is 11.4. The molecule has 1 aromatic carbocycles. The van der Waals surface area contributed by atoms with Crippen molar-refractivity contribution in [3.63, 3.8) is 0 Å². The molecule has 0 aliphatic heterocycles. The van der Waals surface area contributed by atoms with Crippen molar-refractivity contribution < 1.29 is 4.74 Å². The van der Waals surface area contributed by atoms with Gasteiger partial charge in [0, 0.05) is 17.1 Å². The lowest BCUT2D eigenvalue weighted by Gasteiger charge is -2.08. The van der Waals surface area contributed by atoms with Crippen molar-refractivity contribution in [2.75, 3.05) is 13.7 Å². The molecule has 20 heavy (non-hydrogen) atoms. The fraction of sp³-hybridized carbons (Fsp3) is 0.385. The van der Waals surface area contributed by atoms with Gasteiger partial charge >= 0.3 is 0 Å². The van der Waals surface area contributed by atoms with Gasteiger partial charge in [0.25, 0.3) is 0 Å². The van der Waals surface area contributed by atoms with Crippen molar-refractivity contribution >= 4 is 31.9 Å². The Hall–Kier alpha value is -0.920. The average molecular weight is 404 g/mol. The van der Waals surface area contributed by atoms with Gasteiger partial charge in [-0.3, -0.25) is 0 Å². The number of aromatic nitrogens is 3. The molecule has 2 aromatic rings. The number of hydrogen-bond acceptors (Lipinski definition) is 4. The minimum atomic E-state index is 0.721. The van der Waals surface area contributed by atoms with Crippen LogP contribution >= 0.6 is 31.9 Å². The second-order valence-electron chi connectivity index (χ2n) is 4.27. The first-order valence-corrected chi connectivity index (χ1v) is 7.89. The molecule has 0 saturated carbocycles. The van der Waals surface area contributed by atoms with E-state index in [1.165, 1.54) is 0 Å². The Labute approximate surface area is 135 Å². The maximum atomic E-state index is 5.31. The number of hydrogen-bond donors (Lipinski definition) is 1. The van der Waals surface area contributed by atoms with Crippen LogP contribution in [0.4, 0.5) is 0 Å². The zero-order valence-corrected chi connectivity index (χ0v) is 14.5. The van der Waals surface area contributed by atoms with E-state index in [4.69, 9.17) is 4.74 Å². The molecule has 0 aliphatic carbocycles. The minimum absolute atomic E-state index is 0.721. The first-order chi connectivity index (χ1) is 9.65. The third-order valence-corrected chi connectivity index (χ3v) is 4.00. The van der Waals surface area contributed by atoms with Crippen LogP contribution in [0.1, 0.15) is 19.0 Å². The Kier molecular flexibility index (Phi) is 5.56. The molecule has 1 aromatic heterocycles. The number of nitrogens with zero attached hydrogens (tertiary/aromatic N) is 3. The van der Waals surface area contributed by atoms with Crippen molar-refractivity contribution in [2.24, 2.45) is 0 Å². The topological polar surface area (TPSA) is 52.0 Å². The summed E-state index contributed by atoms with van der Waals surface area (Å²) in [4.78, 5) is 0. The van der Waals surface area contributed by atoms with Crippen LogP contribution in [0, 0.1) is 0 Å². The molecule has 0 aliphatic rings. The molecule has 0 spiro atoms. The number of nitrogens with one attached hydrogen (secondary N) is 1. The summed E-state index contributed by atoms with van der Waals surface area (Å²) in [5.74, 6) is 0.754. The molecular formula is C13H16Br2N4O. The SMILES string of the molecule is CCCNCc1cn(-c2cc(OC)c(Br)cc2Br)nn1. The summed E-state index contributed by atoms with van der Waals surface area (Å²) in [5, 5.41) is 11.6. The fourth-order valence-corrected chi connectivity index (χ4v) is 3.08. The largest absolute Gasteiger partial charge is 0.495 e. The van der Waals surface area contributed by atoms with Crippen molar-refractivity contribution in [2.45, 2.75) is 19.9 Å². The predicted molar refractivity (Wildman–Crippen MR) is 85.3 cm³/mol. The summed E-state index contributed by atoms with van der Waals surface area (Å²) in [6.07, 6.45) is 3.01. The monoisotopic (exact) mass is 402 g/mol. The summed E-state index contributed by atoms with van der Waals surface area (Å²) < 4.78 is 8.85. The predicted octanol–water partition coefficient (Wildman–Crippen LogP) is 3.30. The minimum Gasteiger partial charge on any atom is -0.495 e. The summed E-state index contributed by atoms with van der Waals surface area (Å²) in [6, 6.07) is 3.84. The van der Waals surface area contributed by atoms with Crippen LogP contribution in [-0.4, -0.2) is 28.6 Å². The number of halogens is 2. The highest BCUT2D eigenvalue weighted by molar-refractivity contribution is 9.11. The Balaban J connectivity index is 2.23. The highest BCUT2D eigenvalue weighted by Crippen LogP contribution is 2.33. The van der Waals surface area contributed by atoms with Gasteiger partial charge in [-0.05, 0) is 50.9 Å². The number of rotatable bonds is 6. The third-order valence-electron chi connectivity index (χ3n) is 2.74. The second kappa shape index (κ2) is 7.19. The van der Waals surface area contributed by atoms with Crippen LogP contribution in [0.5, 0.6) is 5.75 Å². The first-order valence-electron chi connectivity index (χ1n) is 6.31. The van der Waals surface area contributed by atoms with E-state index in [1.807, 2.05) is 18.3 Å². The van der Waals surface area contributed by atoms with E-state index >= 15 is 0 Å². The van der Waals surface area contributed by atoms with E-state index < -0.39 is 0 Å². The molecular weight excluding hydrogens is 388 g/mol. The molecule has 1 heterocycles. The fourth-order valence-electron chi connectivity index (χ4n) is 1.74. The van der Waals surface area contributed by atoms with E-state index in [-0.39, 0.29) is 0 Å². The van der Waals surface area contributed by atoms with E-state index in [9.17, 15) is 0 Å². The Morgan fingerprint density at radius 3 is 2.80 bits per heavy atom. The van der Waals surface area contributed by atoms with Gasteiger partial charge in [0.15, 0.2) is 0 Å². The van der Waals surface area contributed by atoms with Gasteiger partial charge in [0.05, 0.1) is 29.2 Å². The van der Waals surface area contributed by atoms with Crippen molar-refractivity contribution in [1.29, 1.82) is 0 Å². The van der Waals surface area contributed by atoms with Gasteiger partial charge in [-0.15, -0.1) is 5.10 Å². The van der Waals surface area contributed by atoms with Gasteiger partial charge in [0.1, 0.15) is 5.75 Å². The molecule has 7 heteroatoms. The summed E-state index contributed by atoms with van der Waals surface area (Å²) in [7, 11) is 1.64. The van der Waals surface area contributed by atoms with E-state index in [2.05, 4.69) is 54.4 Å². The van der Waals surface area contributed by atoms with Crippen molar-refractivity contribution in [3.05, 3.63) is 33.0 Å².